The van der Waals surface area contributed by atoms with Crippen molar-refractivity contribution in [1.29, 1.82) is 0 Å². The van der Waals surface area contributed by atoms with E-state index in [-0.39, 0.29) is 21.7 Å². The van der Waals surface area contributed by atoms with E-state index in [2.05, 4.69) is 132 Å². The Balaban J connectivity index is 0. The van der Waals surface area contributed by atoms with Crippen LogP contribution in [0.4, 0.5) is 0 Å². The number of benzene rings is 2. The summed E-state index contributed by atoms with van der Waals surface area (Å²) in [5.41, 5.74) is 6.69. The fourth-order valence-corrected chi connectivity index (χ4v) is 2.90. The van der Waals surface area contributed by atoms with Crippen LogP contribution in [0.2, 0.25) is 0 Å². The van der Waals surface area contributed by atoms with Crippen molar-refractivity contribution >= 4 is 15.6 Å². The molecule has 10 heteroatoms. The molecule has 0 radical (unpaired) electrons. The average Bonchev–Trinajstić information content (AvgIpc) is 2.63. The van der Waals surface area contributed by atoms with Crippen LogP contribution in [-0.2, 0) is 30.8 Å². The maximum atomic E-state index is 8.88. The van der Waals surface area contributed by atoms with Gasteiger partial charge in [0.15, 0.2) is 0 Å². The highest BCUT2D eigenvalue weighted by molar-refractivity contribution is 7.45. The Morgan fingerprint density at radius 2 is 0.553 bits per heavy atom. The van der Waals surface area contributed by atoms with Crippen molar-refractivity contribution in [2.75, 3.05) is 0 Å². The van der Waals surface area contributed by atoms with E-state index in [0.29, 0.717) is 0 Å². The van der Waals surface area contributed by atoms with Gasteiger partial charge in [-0.2, -0.15) is 0 Å². The SMILES string of the molecule is CC(C)(C)c1cccc(C(C)(C)C)c1.CC(C)(C)c1cccc(C(C)(C)C)c1.O=P(O)(O)O.O=P(O)(O)O. The molecular formula is C28H50O8P2. The number of hydrogen-bond acceptors (Lipinski definition) is 2. The van der Waals surface area contributed by atoms with E-state index in [9.17, 15) is 0 Å². The summed E-state index contributed by atoms with van der Waals surface area (Å²) in [6.45, 7) is 27.1. The quantitative estimate of drug-likeness (QED) is 0.189. The summed E-state index contributed by atoms with van der Waals surface area (Å²) in [5.74, 6) is 0. The maximum Gasteiger partial charge on any atom is 0.466 e. The highest BCUT2D eigenvalue weighted by Gasteiger charge is 2.19. The number of hydrogen-bond donors (Lipinski definition) is 6. The first-order valence-electron chi connectivity index (χ1n) is 12.2. The summed E-state index contributed by atoms with van der Waals surface area (Å²) in [6.07, 6.45) is 0. The van der Waals surface area contributed by atoms with Crippen LogP contribution in [0.1, 0.15) is 105 Å². The summed E-state index contributed by atoms with van der Waals surface area (Å²) >= 11 is 0. The summed E-state index contributed by atoms with van der Waals surface area (Å²) < 4.78 is 17.8. The van der Waals surface area contributed by atoms with Gasteiger partial charge in [-0.25, -0.2) is 9.13 Å². The van der Waals surface area contributed by atoms with Crippen molar-refractivity contribution in [1.82, 2.24) is 0 Å². The molecule has 220 valence electrons. The Morgan fingerprint density at radius 3 is 0.658 bits per heavy atom. The molecule has 0 amide bonds. The van der Waals surface area contributed by atoms with E-state index in [0.717, 1.165) is 0 Å². The highest BCUT2D eigenvalue weighted by atomic mass is 31.2. The van der Waals surface area contributed by atoms with Crippen molar-refractivity contribution in [2.24, 2.45) is 0 Å². The predicted molar refractivity (Wildman–Crippen MR) is 156 cm³/mol. The predicted octanol–water partition coefficient (Wildman–Crippen LogP) is 6.71. The molecule has 0 aliphatic rings. The first-order valence-corrected chi connectivity index (χ1v) is 15.3. The second-order valence-electron chi connectivity index (χ2n) is 13.2. The third-order valence-electron chi connectivity index (χ3n) is 5.19. The third kappa shape index (κ3) is 21.6. The van der Waals surface area contributed by atoms with Crippen LogP contribution in [0.15, 0.2) is 48.5 Å². The molecule has 6 N–H and O–H groups in total. The Labute approximate surface area is 229 Å². The molecule has 0 saturated heterocycles. The standard InChI is InChI=1S/2C14H22.2H3O4P/c2*1-13(2,3)11-8-7-9-12(10-11)14(4,5)6;2*1-5(2,3)4/h2*7-10H,1-6H3;2*(H3,1,2,3,4). The van der Waals surface area contributed by atoms with Gasteiger partial charge in [-0.05, 0) is 43.9 Å². The minimum absolute atomic E-state index is 0.251. The first kappa shape index (κ1) is 38.8. The van der Waals surface area contributed by atoms with Crippen molar-refractivity contribution in [3.8, 4) is 0 Å². The molecule has 8 nitrogen and oxygen atoms in total. The van der Waals surface area contributed by atoms with Gasteiger partial charge in [0.05, 0.1) is 0 Å². The molecule has 0 fully saturated rings. The zero-order valence-electron chi connectivity index (χ0n) is 25.0. The molecule has 2 rings (SSSR count). The topological polar surface area (TPSA) is 156 Å². The van der Waals surface area contributed by atoms with Gasteiger partial charge in [-0.3, -0.25) is 0 Å². The van der Waals surface area contributed by atoms with E-state index in [1.54, 1.807) is 0 Å². The summed E-state index contributed by atoms with van der Waals surface area (Å²) in [4.78, 5) is 43.1. The molecule has 38 heavy (non-hydrogen) atoms. The fourth-order valence-electron chi connectivity index (χ4n) is 2.90. The lowest BCUT2D eigenvalue weighted by atomic mass is 9.81. The van der Waals surface area contributed by atoms with Crippen LogP contribution in [-0.4, -0.2) is 29.4 Å². The minimum Gasteiger partial charge on any atom is -0.303 e. The van der Waals surface area contributed by atoms with Gasteiger partial charge < -0.3 is 29.4 Å². The largest absolute Gasteiger partial charge is 0.466 e. The molecule has 2 aromatic rings. The summed E-state index contributed by atoms with van der Waals surface area (Å²) in [5, 5.41) is 0. The van der Waals surface area contributed by atoms with Gasteiger partial charge >= 0.3 is 15.6 Å². The van der Waals surface area contributed by atoms with E-state index >= 15 is 0 Å². The van der Waals surface area contributed by atoms with E-state index < -0.39 is 15.6 Å². The lowest BCUT2D eigenvalue weighted by Crippen LogP contribution is -2.15. The van der Waals surface area contributed by atoms with Gasteiger partial charge in [0.25, 0.3) is 0 Å². The van der Waals surface area contributed by atoms with Gasteiger partial charge in [0.1, 0.15) is 0 Å². The van der Waals surface area contributed by atoms with Crippen molar-refractivity contribution in [3.63, 3.8) is 0 Å². The van der Waals surface area contributed by atoms with Crippen LogP contribution in [0.3, 0.4) is 0 Å². The molecule has 0 unspecified atom stereocenters. The molecule has 2 aromatic carbocycles. The average molecular weight is 577 g/mol. The van der Waals surface area contributed by atoms with E-state index in [1.807, 2.05) is 0 Å². The normalized spacial score (nSPS) is 12.7. The molecule has 0 aliphatic carbocycles. The minimum atomic E-state index is -4.64. The highest BCUT2D eigenvalue weighted by Crippen LogP contribution is 2.30. The molecule has 0 spiro atoms. The van der Waals surface area contributed by atoms with Gasteiger partial charge in [0.2, 0.25) is 0 Å². The Kier molecular flexibility index (Phi) is 14.6. The Hall–Kier alpha value is -1.34. The second kappa shape index (κ2) is 14.3. The molecule has 0 bridgehead atoms. The zero-order valence-corrected chi connectivity index (χ0v) is 26.8. The van der Waals surface area contributed by atoms with Crippen molar-refractivity contribution < 1.29 is 38.5 Å². The van der Waals surface area contributed by atoms with Crippen LogP contribution in [0.25, 0.3) is 0 Å². The lowest BCUT2D eigenvalue weighted by Gasteiger charge is -2.24. The van der Waals surface area contributed by atoms with Crippen LogP contribution in [0, 0.1) is 0 Å². The number of rotatable bonds is 0. The molecule has 0 saturated carbocycles. The van der Waals surface area contributed by atoms with Crippen molar-refractivity contribution in [2.45, 2.75) is 105 Å². The van der Waals surface area contributed by atoms with Crippen molar-refractivity contribution in [3.05, 3.63) is 70.8 Å². The Morgan fingerprint density at radius 1 is 0.421 bits per heavy atom. The molecule has 0 atom stereocenters. The number of phosphoric acid groups is 2. The van der Waals surface area contributed by atoms with Gasteiger partial charge in [-0.1, -0.05) is 132 Å². The Bertz CT molecular complexity index is 911. The molecule has 0 aromatic heterocycles. The second-order valence-corrected chi connectivity index (χ2v) is 15.2. The first-order chi connectivity index (χ1) is 16.4. The zero-order chi connectivity index (χ0) is 31.0. The van der Waals surface area contributed by atoms with Crippen LogP contribution in [0.5, 0.6) is 0 Å². The molecule has 0 heterocycles. The monoisotopic (exact) mass is 576 g/mol. The van der Waals surface area contributed by atoms with E-state index in [1.165, 1.54) is 22.3 Å². The molecule has 0 aliphatic heterocycles. The van der Waals surface area contributed by atoms with Gasteiger partial charge in [0, 0.05) is 0 Å². The van der Waals surface area contributed by atoms with Crippen LogP contribution >= 0.6 is 15.6 Å². The van der Waals surface area contributed by atoms with E-state index in [4.69, 9.17) is 38.5 Å². The maximum absolute atomic E-state index is 8.88. The smallest absolute Gasteiger partial charge is 0.303 e. The van der Waals surface area contributed by atoms with Crippen LogP contribution < -0.4 is 0 Å². The lowest BCUT2D eigenvalue weighted by molar-refractivity contribution is 0.272. The van der Waals surface area contributed by atoms with Gasteiger partial charge in [-0.15, -0.1) is 0 Å². The molecular weight excluding hydrogens is 526 g/mol. The fraction of sp³-hybridized carbons (Fsp3) is 0.571. The third-order valence-corrected chi connectivity index (χ3v) is 5.19. The summed E-state index contributed by atoms with van der Waals surface area (Å²) in [6, 6.07) is 17.9. The summed E-state index contributed by atoms with van der Waals surface area (Å²) in [7, 11) is -9.28.